The Labute approximate surface area is 332 Å². The molecule has 1 aliphatic rings. The second-order valence-corrected chi connectivity index (χ2v) is 18.1. The van der Waals surface area contributed by atoms with Crippen LogP contribution in [-0.2, 0) is 60.3 Å². The number of carboxylic acid groups (broad SMARTS) is 1. The van der Waals surface area contributed by atoms with E-state index in [1.165, 1.54) is 20.8 Å². The standard InChI is InChI=1S/C25H40N7O18P3S.C2H4O2/c1-13(33)8-16(35)54-7-6-27-15(34)4-5-28-23(38)20(37)25(2,3)10-47-53(44,45)50-52(42,43)46-9-14-19(49-51(39,40)41)18(36)24(48-14)32-12-31-17-21(26)29-11-30-22(17)32;1-2(3)4/h11-12,14,18-20,24,36-37H,4-10H2,1-3H3,(H,27,34)(H,28,38)(H,42,43)(H,44,45)(H2,26,29,30)(H2,39,40,41);1H3,(H,3,4)/t14-,18-,19-,20?,24-;/m1./s1. The Bertz CT molecular complexity index is 1930. The van der Waals surface area contributed by atoms with Crippen molar-refractivity contribution >= 4 is 80.9 Å². The van der Waals surface area contributed by atoms with Crippen LogP contribution in [0.25, 0.3) is 11.2 Å². The van der Waals surface area contributed by atoms with Gasteiger partial charge in [-0.25, -0.2) is 28.6 Å². The van der Waals surface area contributed by atoms with Gasteiger partial charge >= 0.3 is 23.5 Å². The number of aromatic nitrogens is 4. The summed E-state index contributed by atoms with van der Waals surface area (Å²) in [7, 11) is -16.4. The fourth-order valence-electron chi connectivity index (χ4n) is 4.55. The van der Waals surface area contributed by atoms with Crippen LogP contribution >= 0.6 is 35.2 Å². The molecule has 0 radical (unpaired) electrons. The van der Waals surface area contributed by atoms with Crippen molar-refractivity contribution in [3.05, 3.63) is 12.7 Å². The number of nitrogens with zero attached hydrogens (tertiary/aromatic N) is 4. The largest absolute Gasteiger partial charge is 0.481 e. The number of fused-ring (bicyclic) bond motifs is 1. The van der Waals surface area contributed by atoms with E-state index in [1.54, 1.807) is 0 Å². The summed E-state index contributed by atoms with van der Waals surface area (Å²) in [5.74, 6) is -2.44. The molecule has 3 heterocycles. The molecule has 2 aromatic heterocycles. The molecular weight excluding hydrogens is 867 g/mol. The number of Topliss-reactive ketones (excluding diaryl/α,β-unsaturated/α-hetero) is 1. The summed E-state index contributed by atoms with van der Waals surface area (Å²) in [4.78, 5) is 107. The van der Waals surface area contributed by atoms with Gasteiger partial charge in [-0.15, -0.1) is 0 Å². The number of carbonyl (C=O) groups is 5. The number of ether oxygens (including phenoxy) is 1. The van der Waals surface area contributed by atoms with Crippen molar-refractivity contribution in [2.45, 2.75) is 71.2 Å². The first-order valence-electron chi connectivity index (χ1n) is 16.4. The fraction of sp³-hybridized carbons (Fsp3) is 0.630. The molecule has 58 heavy (non-hydrogen) atoms. The van der Waals surface area contributed by atoms with Gasteiger partial charge in [0.2, 0.25) is 11.8 Å². The molecule has 1 saturated heterocycles. The second kappa shape index (κ2) is 21.8. The quantitative estimate of drug-likeness (QED) is 0.0397. The molecule has 0 bridgehead atoms. The van der Waals surface area contributed by atoms with E-state index in [-0.39, 0.29) is 59.6 Å². The molecule has 31 heteroatoms. The first-order valence-corrected chi connectivity index (χ1v) is 21.9. The first-order chi connectivity index (χ1) is 26.6. The number of aliphatic hydroxyl groups is 2. The third kappa shape index (κ3) is 17.1. The minimum atomic E-state index is -5.58. The van der Waals surface area contributed by atoms with E-state index in [1.807, 2.05) is 0 Å². The molecule has 3 rings (SSSR count). The zero-order chi connectivity index (χ0) is 44.2. The predicted molar refractivity (Wildman–Crippen MR) is 196 cm³/mol. The Morgan fingerprint density at radius 2 is 1.64 bits per heavy atom. The second-order valence-electron chi connectivity index (χ2n) is 12.7. The molecule has 7 atom stereocenters. The average molecular weight is 912 g/mol. The number of thioether (sulfide) groups is 1. The lowest BCUT2D eigenvalue weighted by molar-refractivity contribution is -0.137. The molecule has 2 aromatic rings. The Kier molecular flexibility index (Phi) is 19.1. The smallest absolute Gasteiger partial charge is 0.481 e. The SMILES string of the molecule is CC(=O)CC(=O)SCCNC(=O)CCNC(=O)C(O)C(C)(C)COP(=O)(O)OP(=O)(O)OC[C@H]1O[C@@H](n2cnc3c(N)ncnc32)[C@H](O)[C@@H]1OP(=O)(O)O.CC(=O)O. The highest BCUT2D eigenvalue weighted by Crippen LogP contribution is 2.61. The van der Waals surface area contributed by atoms with Gasteiger partial charge < -0.3 is 56.0 Å². The van der Waals surface area contributed by atoms with E-state index < -0.39 is 90.5 Å². The molecule has 27 nitrogen and oxygen atoms in total. The number of carbonyl (C=O) groups excluding carboxylic acids is 4. The summed E-state index contributed by atoms with van der Waals surface area (Å²) in [5, 5.41) is 33.2. The maximum atomic E-state index is 12.6. The number of phosphoric acid groups is 3. The molecular formula is C27H44N7O20P3S. The molecule has 328 valence electrons. The lowest BCUT2D eigenvalue weighted by Gasteiger charge is -2.30. The van der Waals surface area contributed by atoms with Crippen LogP contribution in [0.3, 0.4) is 0 Å². The van der Waals surface area contributed by atoms with Gasteiger partial charge in [0.25, 0.3) is 5.97 Å². The Morgan fingerprint density at radius 1 is 1.02 bits per heavy atom. The summed E-state index contributed by atoms with van der Waals surface area (Å²) in [6.45, 7) is 2.66. The number of nitrogens with one attached hydrogen (secondary N) is 2. The number of hydrogen-bond acceptors (Lipinski definition) is 20. The van der Waals surface area contributed by atoms with Gasteiger partial charge in [-0.05, 0) is 6.92 Å². The van der Waals surface area contributed by atoms with Crippen molar-refractivity contribution in [1.82, 2.24) is 30.2 Å². The third-order valence-corrected chi connectivity index (χ3v) is 11.1. The normalized spacial score (nSPS) is 20.9. The number of nitrogens with two attached hydrogens (primary N) is 1. The van der Waals surface area contributed by atoms with Crippen molar-refractivity contribution in [1.29, 1.82) is 0 Å². The number of amides is 2. The van der Waals surface area contributed by atoms with Crippen molar-refractivity contribution in [2.75, 3.05) is 37.8 Å². The minimum Gasteiger partial charge on any atom is -0.481 e. The minimum absolute atomic E-state index is 0.0240. The van der Waals surface area contributed by atoms with Crippen LogP contribution in [0.4, 0.5) is 5.82 Å². The number of carboxylic acids is 1. The van der Waals surface area contributed by atoms with Gasteiger partial charge in [-0.1, -0.05) is 25.6 Å². The Balaban J connectivity index is 0.00000276. The molecule has 2 amide bonds. The number of imidazole rings is 1. The van der Waals surface area contributed by atoms with E-state index in [4.69, 9.17) is 29.4 Å². The number of phosphoric ester groups is 3. The van der Waals surface area contributed by atoms with Gasteiger partial charge in [-0.2, -0.15) is 4.31 Å². The lowest BCUT2D eigenvalue weighted by Crippen LogP contribution is -2.46. The first kappa shape index (κ1) is 50.8. The molecule has 0 saturated carbocycles. The monoisotopic (exact) mass is 911 g/mol. The van der Waals surface area contributed by atoms with E-state index in [0.29, 0.717) is 0 Å². The highest BCUT2D eigenvalue weighted by molar-refractivity contribution is 8.13. The van der Waals surface area contributed by atoms with Crippen LogP contribution in [-0.4, -0.2) is 140 Å². The predicted octanol–water partition coefficient (Wildman–Crippen LogP) is -1.27. The van der Waals surface area contributed by atoms with Gasteiger partial charge in [0, 0.05) is 37.6 Å². The van der Waals surface area contributed by atoms with E-state index in [2.05, 4.69) is 34.4 Å². The number of hydrogen-bond donors (Lipinski definition) is 10. The van der Waals surface area contributed by atoms with Gasteiger partial charge in [0.05, 0.1) is 26.0 Å². The summed E-state index contributed by atoms with van der Waals surface area (Å²) < 4.78 is 61.9. The van der Waals surface area contributed by atoms with Gasteiger partial charge in [0.1, 0.15) is 42.0 Å². The molecule has 0 aliphatic carbocycles. The maximum absolute atomic E-state index is 12.6. The van der Waals surface area contributed by atoms with Crippen LogP contribution < -0.4 is 16.4 Å². The molecule has 0 spiro atoms. The zero-order valence-corrected chi connectivity index (χ0v) is 34.5. The fourth-order valence-corrected chi connectivity index (χ4v) is 8.12. The molecule has 1 aliphatic heterocycles. The molecule has 1 fully saturated rings. The van der Waals surface area contributed by atoms with Crippen molar-refractivity contribution < 1.29 is 95.2 Å². The van der Waals surface area contributed by atoms with Crippen molar-refractivity contribution in [3.63, 3.8) is 0 Å². The van der Waals surface area contributed by atoms with Crippen LogP contribution in [0.15, 0.2) is 12.7 Å². The molecule has 3 unspecified atom stereocenters. The number of anilines is 1. The average Bonchev–Trinajstić information content (AvgIpc) is 3.64. The lowest BCUT2D eigenvalue weighted by atomic mass is 9.87. The Hall–Kier alpha value is -3.30. The van der Waals surface area contributed by atoms with Crippen molar-refractivity contribution in [3.8, 4) is 0 Å². The van der Waals surface area contributed by atoms with E-state index in [0.717, 1.165) is 35.9 Å². The third-order valence-electron chi connectivity index (χ3n) is 7.16. The van der Waals surface area contributed by atoms with E-state index >= 15 is 0 Å². The summed E-state index contributed by atoms with van der Waals surface area (Å²) in [5.41, 5.74) is 4.22. The number of rotatable bonds is 21. The van der Waals surface area contributed by atoms with Crippen LogP contribution in [0, 0.1) is 5.41 Å². The zero-order valence-electron chi connectivity index (χ0n) is 31.0. The van der Waals surface area contributed by atoms with Gasteiger partial charge in [0.15, 0.2) is 22.8 Å². The highest BCUT2D eigenvalue weighted by atomic mass is 32.2. The topological polar surface area (TPSA) is 418 Å². The van der Waals surface area contributed by atoms with Crippen LogP contribution in [0.1, 0.15) is 46.8 Å². The van der Waals surface area contributed by atoms with Gasteiger partial charge in [-0.3, -0.25) is 42.1 Å². The summed E-state index contributed by atoms with van der Waals surface area (Å²) in [6.07, 6.45) is -7.24. The summed E-state index contributed by atoms with van der Waals surface area (Å²) >= 11 is 0.878. The highest BCUT2D eigenvalue weighted by Gasteiger charge is 2.50. The van der Waals surface area contributed by atoms with Crippen LogP contribution in [0.5, 0.6) is 0 Å². The number of nitrogen functional groups attached to an aromatic ring is 1. The van der Waals surface area contributed by atoms with E-state index in [9.17, 15) is 62.7 Å². The summed E-state index contributed by atoms with van der Waals surface area (Å²) in [6, 6.07) is 0. The number of aliphatic hydroxyl groups excluding tert-OH is 2. The van der Waals surface area contributed by atoms with Crippen molar-refractivity contribution in [2.24, 2.45) is 5.41 Å². The maximum Gasteiger partial charge on any atom is 0.481 e. The Morgan fingerprint density at radius 3 is 2.24 bits per heavy atom. The molecule has 11 N–H and O–H groups in total. The molecule has 0 aromatic carbocycles. The van der Waals surface area contributed by atoms with Crippen LogP contribution in [0.2, 0.25) is 0 Å². The number of ketones is 1. The number of aliphatic carboxylic acids is 1.